The summed E-state index contributed by atoms with van der Waals surface area (Å²) in [5, 5.41) is 7.88. The van der Waals surface area contributed by atoms with E-state index < -0.39 is 53.7 Å². The number of methoxy groups -OCH3 is 4. The highest BCUT2D eigenvalue weighted by atomic mass is 16.5. The number of amides is 3. The Hall–Kier alpha value is -5.47. The largest absolute Gasteiger partial charge is 0.469 e. The number of benzene rings is 1. The summed E-state index contributed by atoms with van der Waals surface area (Å²) in [6.45, 7) is 3.31. The molecule has 4 N–H and O–H groups in total. The summed E-state index contributed by atoms with van der Waals surface area (Å²) in [6, 6.07) is 2.26. The number of esters is 4. The van der Waals surface area contributed by atoms with Crippen LogP contribution in [0.25, 0.3) is 11.6 Å². The first-order valence-corrected chi connectivity index (χ1v) is 14.1. The Morgan fingerprint density at radius 3 is 1.87 bits per heavy atom. The summed E-state index contributed by atoms with van der Waals surface area (Å²) in [6.07, 6.45) is 1.20. The van der Waals surface area contributed by atoms with Crippen molar-refractivity contribution in [1.82, 2.24) is 15.6 Å². The van der Waals surface area contributed by atoms with Crippen LogP contribution in [0.1, 0.15) is 68.9 Å². The standard InChI is InChI=1S/C31H36N4O11/c1-15-23(32-16(2)26(15)29(40)35-22(31(42)46-6)10-12-25(37)44-4)14-19-18-13-17(7-8-20(18)33-28(19)39)27(38)34-21(30(41)45-5)9-11-24(36)43-3/h7-8,13-14,21-22,32H,9-12H2,1-6H3,(H,33,39)(H,34,38)(H,35,40)/b19-14-/t21-,22-/m0/s1. The Kier molecular flexibility index (Phi) is 11.8. The molecule has 0 saturated carbocycles. The van der Waals surface area contributed by atoms with Crippen molar-refractivity contribution in [2.45, 2.75) is 51.6 Å². The lowest BCUT2D eigenvalue weighted by molar-refractivity contribution is -0.146. The number of nitrogens with one attached hydrogen (secondary N) is 4. The van der Waals surface area contributed by atoms with Gasteiger partial charge in [-0.25, -0.2) is 9.59 Å². The van der Waals surface area contributed by atoms with Crippen LogP contribution in [0.15, 0.2) is 18.2 Å². The molecule has 2 atom stereocenters. The Labute approximate surface area is 264 Å². The molecule has 246 valence electrons. The average Bonchev–Trinajstić information content (AvgIpc) is 3.52. The molecule has 1 aliphatic heterocycles. The molecule has 3 rings (SSSR count). The fourth-order valence-electron chi connectivity index (χ4n) is 4.86. The van der Waals surface area contributed by atoms with E-state index in [1.165, 1.54) is 45.6 Å². The summed E-state index contributed by atoms with van der Waals surface area (Å²) in [5.74, 6) is -4.27. The SMILES string of the molecule is COC(=O)CC[C@H](NC(=O)c1ccc2c(c1)/C(=C/c1[nH]c(C)c(C(=O)N[C@@H](CCC(=O)OC)C(=O)OC)c1C)C(=O)N2)C(=O)OC. The van der Waals surface area contributed by atoms with Gasteiger partial charge in [0.05, 0.1) is 39.6 Å². The maximum atomic E-state index is 13.3. The number of hydrogen-bond acceptors (Lipinski definition) is 11. The highest BCUT2D eigenvalue weighted by Crippen LogP contribution is 2.35. The van der Waals surface area contributed by atoms with Crippen LogP contribution in [0.3, 0.4) is 0 Å². The van der Waals surface area contributed by atoms with Gasteiger partial charge in [0, 0.05) is 41.0 Å². The van der Waals surface area contributed by atoms with Gasteiger partial charge in [-0.3, -0.25) is 24.0 Å². The summed E-state index contributed by atoms with van der Waals surface area (Å²) in [4.78, 5) is 90.1. The van der Waals surface area contributed by atoms with Crippen LogP contribution in [-0.4, -0.2) is 87.1 Å². The zero-order valence-electron chi connectivity index (χ0n) is 26.3. The maximum absolute atomic E-state index is 13.3. The van der Waals surface area contributed by atoms with Crippen molar-refractivity contribution < 1.29 is 52.5 Å². The van der Waals surface area contributed by atoms with E-state index in [9.17, 15) is 33.6 Å². The summed E-state index contributed by atoms with van der Waals surface area (Å²) >= 11 is 0. The van der Waals surface area contributed by atoms with Crippen LogP contribution >= 0.6 is 0 Å². The molecule has 0 unspecified atom stereocenters. The second-order valence-electron chi connectivity index (χ2n) is 10.3. The predicted molar refractivity (Wildman–Crippen MR) is 162 cm³/mol. The topological polar surface area (TPSA) is 208 Å². The Morgan fingerprint density at radius 2 is 1.35 bits per heavy atom. The molecule has 0 radical (unpaired) electrons. The highest BCUT2D eigenvalue weighted by molar-refractivity contribution is 6.35. The Bertz CT molecular complexity index is 1590. The van der Waals surface area contributed by atoms with Crippen LogP contribution in [0, 0.1) is 13.8 Å². The third-order valence-corrected chi connectivity index (χ3v) is 7.37. The normalized spacial score (nSPS) is 14.0. The van der Waals surface area contributed by atoms with Crippen molar-refractivity contribution in [3.05, 3.63) is 51.8 Å². The van der Waals surface area contributed by atoms with Gasteiger partial charge in [-0.05, 0) is 56.5 Å². The summed E-state index contributed by atoms with van der Waals surface area (Å²) < 4.78 is 18.7. The third-order valence-electron chi connectivity index (χ3n) is 7.37. The Balaban J connectivity index is 1.88. The maximum Gasteiger partial charge on any atom is 0.328 e. The molecular formula is C31H36N4O11. The van der Waals surface area contributed by atoms with Crippen molar-refractivity contribution in [3.8, 4) is 0 Å². The van der Waals surface area contributed by atoms with Crippen molar-refractivity contribution in [2.75, 3.05) is 33.8 Å². The van der Waals surface area contributed by atoms with Gasteiger partial charge in [0.1, 0.15) is 12.1 Å². The van der Waals surface area contributed by atoms with Crippen LogP contribution in [0.5, 0.6) is 0 Å². The lowest BCUT2D eigenvalue weighted by Crippen LogP contribution is -2.42. The first kappa shape index (κ1) is 35.0. The molecule has 1 aromatic heterocycles. The molecule has 0 fully saturated rings. The molecule has 46 heavy (non-hydrogen) atoms. The molecular weight excluding hydrogens is 604 g/mol. The van der Waals surface area contributed by atoms with E-state index in [0.29, 0.717) is 28.2 Å². The first-order chi connectivity index (χ1) is 21.8. The zero-order valence-corrected chi connectivity index (χ0v) is 26.3. The fourth-order valence-corrected chi connectivity index (χ4v) is 4.86. The quantitative estimate of drug-likeness (QED) is 0.140. The van der Waals surface area contributed by atoms with E-state index in [1.54, 1.807) is 13.8 Å². The van der Waals surface area contributed by atoms with Gasteiger partial charge in [0.25, 0.3) is 17.7 Å². The number of ether oxygens (including phenoxy) is 4. The number of anilines is 1. The highest BCUT2D eigenvalue weighted by Gasteiger charge is 2.30. The minimum atomic E-state index is -1.12. The van der Waals surface area contributed by atoms with E-state index in [-0.39, 0.29) is 42.4 Å². The molecule has 1 aliphatic rings. The lowest BCUT2D eigenvalue weighted by Gasteiger charge is -2.16. The summed E-state index contributed by atoms with van der Waals surface area (Å²) in [7, 11) is 4.75. The number of carbonyl (C=O) groups is 7. The van der Waals surface area contributed by atoms with Crippen molar-refractivity contribution in [1.29, 1.82) is 0 Å². The predicted octanol–water partition coefficient (Wildman–Crippen LogP) is 1.57. The number of fused-ring (bicyclic) bond motifs is 1. The monoisotopic (exact) mass is 640 g/mol. The van der Waals surface area contributed by atoms with E-state index in [0.717, 1.165) is 7.11 Å². The Morgan fingerprint density at radius 1 is 0.804 bits per heavy atom. The number of rotatable bonds is 13. The van der Waals surface area contributed by atoms with Gasteiger partial charge < -0.3 is 39.9 Å². The van der Waals surface area contributed by atoms with E-state index in [2.05, 4.69) is 30.4 Å². The molecule has 0 spiro atoms. The van der Waals surface area contributed by atoms with Crippen molar-refractivity contribution in [3.63, 3.8) is 0 Å². The lowest BCUT2D eigenvalue weighted by atomic mass is 10.0. The van der Waals surface area contributed by atoms with Crippen LogP contribution in [-0.2, 0) is 42.9 Å². The first-order valence-electron chi connectivity index (χ1n) is 14.1. The molecule has 15 nitrogen and oxygen atoms in total. The van der Waals surface area contributed by atoms with E-state index >= 15 is 0 Å². The molecule has 15 heteroatoms. The van der Waals surface area contributed by atoms with Gasteiger partial charge in [-0.15, -0.1) is 0 Å². The number of H-pyrrole nitrogens is 1. The number of aromatic nitrogens is 1. The minimum Gasteiger partial charge on any atom is -0.469 e. The van der Waals surface area contributed by atoms with E-state index in [1.807, 2.05) is 0 Å². The van der Waals surface area contributed by atoms with Gasteiger partial charge in [0.2, 0.25) is 0 Å². The van der Waals surface area contributed by atoms with Gasteiger partial charge in [-0.1, -0.05) is 0 Å². The second-order valence-corrected chi connectivity index (χ2v) is 10.3. The number of hydrogen-bond donors (Lipinski definition) is 4. The minimum absolute atomic E-state index is 0.0387. The smallest absolute Gasteiger partial charge is 0.328 e. The van der Waals surface area contributed by atoms with Gasteiger partial charge >= 0.3 is 23.9 Å². The second kappa shape index (κ2) is 15.5. The van der Waals surface area contributed by atoms with Gasteiger partial charge in [0.15, 0.2) is 0 Å². The van der Waals surface area contributed by atoms with E-state index in [4.69, 9.17) is 9.47 Å². The van der Waals surface area contributed by atoms with Crippen molar-refractivity contribution in [2.24, 2.45) is 0 Å². The number of aryl methyl sites for hydroxylation is 1. The average molecular weight is 641 g/mol. The molecule has 0 bridgehead atoms. The molecule has 2 heterocycles. The van der Waals surface area contributed by atoms with Crippen molar-refractivity contribution >= 4 is 58.9 Å². The number of aromatic amines is 1. The third kappa shape index (κ3) is 8.16. The van der Waals surface area contributed by atoms with Crippen LogP contribution < -0.4 is 16.0 Å². The molecule has 0 saturated heterocycles. The van der Waals surface area contributed by atoms with Crippen LogP contribution in [0.2, 0.25) is 0 Å². The number of carbonyl (C=O) groups excluding carboxylic acids is 7. The molecule has 1 aromatic carbocycles. The molecule has 0 aliphatic carbocycles. The molecule has 2 aromatic rings. The summed E-state index contributed by atoms with van der Waals surface area (Å²) in [5.41, 5.74) is 2.74. The zero-order chi connectivity index (χ0) is 34.1. The molecule has 3 amide bonds. The van der Waals surface area contributed by atoms with Crippen LogP contribution in [0.4, 0.5) is 5.69 Å². The fraction of sp³-hybridized carbons (Fsp3) is 0.387. The van der Waals surface area contributed by atoms with Gasteiger partial charge in [-0.2, -0.15) is 0 Å².